The van der Waals surface area contributed by atoms with Crippen molar-refractivity contribution in [1.82, 2.24) is 22.5 Å². The number of aromatic nitrogens is 5. The summed E-state index contributed by atoms with van der Waals surface area (Å²) in [6.07, 6.45) is 1.66. The standard InChI is InChI=1S/C29H26F3IN6/c1-3-18-6-5-7-19(4-2)26(18)39-27(21-8-9-25-20(14-21)10-13-38(25)33)23-17-37(12-11-24(23)36-39)28-34-15-22(16-35-28)29(30,31)32/h5-10,13-16H,3-4,11-12,17H2,1-2H3. The number of fused-ring (bicyclic) bond motifs is 2. The molecular weight excluding hydrogens is 616 g/mol. The molecule has 0 saturated carbocycles. The van der Waals surface area contributed by atoms with Gasteiger partial charge in [-0.3, -0.25) is 2.78 Å². The number of aryl methyl sites for hydroxylation is 2. The predicted octanol–water partition coefficient (Wildman–Crippen LogP) is 7.19. The quantitative estimate of drug-likeness (QED) is 0.191. The van der Waals surface area contributed by atoms with Crippen LogP contribution in [0, 0.1) is 0 Å². The first-order valence-corrected chi connectivity index (χ1v) is 13.9. The minimum absolute atomic E-state index is 0.285. The zero-order chi connectivity index (χ0) is 27.3. The highest BCUT2D eigenvalue weighted by Gasteiger charge is 2.33. The van der Waals surface area contributed by atoms with Gasteiger partial charge in [-0.1, -0.05) is 38.1 Å². The van der Waals surface area contributed by atoms with Gasteiger partial charge in [0.25, 0.3) is 0 Å². The van der Waals surface area contributed by atoms with Crippen molar-refractivity contribution in [1.29, 1.82) is 0 Å². The lowest BCUT2D eigenvalue weighted by molar-refractivity contribution is -0.138. The van der Waals surface area contributed by atoms with Crippen LogP contribution in [-0.2, 0) is 32.0 Å². The lowest BCUT2D eigenvalue weighted by atomic mass is 9.98. The van der Waals surface area contributed by atoms with Crippen LogP contribution in [-0.4, -0.2) is 29.1 Å². The summed E-state index contributed by atoms with van der Waals surface area (Å²) < 4.78 is 43.4. The number of benzene rings is 2. The van der Waals surface area contributed by atoms with Crippen LogP contribution in [0.1, 0.15) is 41.8 Å². The summed E-state index contributed by atoms with van der Waals surface area (Å²) in [5.41, 5.74) is 7.91. The summed E-state index contributed by atoms with van der Waals surface area (Å²) in [6.45, 7) is 5.33. The van der Waals surface area contributed by atoms with Gasteiger partial charge in [0.1, 0.15) is 0 Å². The molecule has 5 aromatic rings. The van der Waals surface area contributed by atoms with E-state index in [1.165, 1.54) is 11.1 Å². The Kier molecular flexibility index (Phi) is 6.60. The average molecular weight is 642 g/mol. The third-order valence-corrected chi connectivity index (χ3v) is 8.22. The molecule has 0 spiro atoms. The minimum Gasteiger partial charge on any atom is -0.336 e. The molecule has 6 nitrogen and oxygen atoms in total. The van der Waals surface area contributed by atoms with E-state index in [9.17, 15) is 13.2 Å². The molecule has 39 heavy (non-hydrogen) atoms. The highest BCUT2D eigenvalue weighted by molar-refractivity contribution is 14.1. The molecule has 4 heterocycles. The second-order valence-electron chi connectivity index (χ2n) is 9.66. The van der Waals surface area contributed by atoms with Gasteiger partial charge in [-0.15, -0.1) is 0 Å². The van der Waals surface area contributed by atoms with Crippen LogP contribution in [0.4, 0.5) is 19.1 Å². The van der Waals surface area contributed by atoms with Crippen molar-refractivity contribution in [3.8, 4) is 16.9 Å². The van der Waals surface area contributed by atoms with Crippen molar-refractivity contribution in [3.63, 3.8) is 0 Å². The summed E-state index contributed by atoms with van der Waals surface area (Å²) in [4.78, 5) is 10.1. The Morgan fingerprint density at radius 3 is 2.36 bits per heavy atom. The van der Waals surface area contributed by atoms with Crippen molar-refractivity contribution in [2.24, 2.45) is 0 Å². The van der Waals surface area contributed by atoms with Gasteiger partial charge in [0.2, 0.25) is 5.95 Å². The fraction of sp³-hybridized carbons (Fsp3) is 0.276. The summed E-state index contributed by atoms with van der Waals surface area (Å²) in [5.74, 6) is 0.285. The first-order chi connectivity index (χ1) is 18.8. The molecule has 200 valence electrons. The Labute approximate surface area is 238 Å². The fourth-order valence-corrected chi connectivity index (χ4v) is 5.98. The van der Waals surface area contributed by atoms with E-state index in [0.29, 0.717) is 19.5 Å². The maximum Gasteiger partial charge on any atom is 0.419 e. The van der Waals surface area contributed by atoms with Gasteiger partial charge in [0, 0.05) is 54.6 Å². The van der Waals surface area contributed by atoms with E-state index in [0.717, 1.165) is 64.3 Å². The Bertz CT molecular complexity index is 1650. The van der Waals surface area contributed by atoms with Crippen molar-refractivity contribution in [2.45, 2.75) is 45.8 Å². The van der Waals surface area contributed by atoms with E-state index >= 15 is 0 Å². The monoisotopic (exact) mass is 642 g/mol. The summed E-state index contributed by atoms with van der Waals surface area (Å²) >= 11 is 2.27. The van der Waals surface area contributed by atoms with Crippen LogP contribution >= 0.6 is 22.9 Å². The molecule has 1 aliphatic rings. The number of hydrogen-bond acceptors (Lipinski definition) is 4. The first kappa shape index (κ1) is 25.8. The lowest BCUT2D eigenvalue weighted by Gasteiger charge is -2.27. The van der Waals surface area contributed by atoms with Crippen LogP contribution in [0.2, 0.25) is 0 Å². The van der Waals surface area contributed by atoms with Crippen molar-refractivity contribution < 1.29 is 13.2 Å². The molecule has 0 bridgehead atoms. The van der Waals surface area contributed by atoms with E-state index in [1.54, 1.807) is 0 Å². The van der Waals surface area contributed by atoms with Crippen LogP contribution < -0.4 is 4.90 Å². The highest BCUT2D eigenvalue weighted by Crippen LogP contribution is 2.37. The molecule has 2 aromatic carbocycles. The maximum atomic E-state index is 13.1. The van der Waals surface area contributed by atoms with Gasteiger partial charge in [-0.05, 0) is 42.2 Å². The Balaban J connectivity index is 1.52. The maximum absolute atomic E-state index is 13.1. The number of para-hydroxylation sites is 1. The predicted molar refractivity (Wildman–Crippen MR) is 154 cm³/mol. The molecule has 0 radical (unpaired) electrons. The van der Waals surface area contributed by atoms with E-state index in [2.05, 4.69) is 96.6 Å². The van der Waals surface area contributed by atoms with E-state index in [-0.39, 0.29) is 5.95 Å². The smallest absolute Gasteiger partial charge is 0.336 e. The van der Waals surface area contributed by atoms with Crippen LogP contribution in [0.3, 0.4) is 0 Å². The van der Waals surface area contributed by atoms with Crippen LogP contribution in [0.15, 0.2) is 61.1 Å². The molecule has 0 aliphatic carbocycles. The summed E-state index contributed by atoms with van der Waals surface area (Å²) in [7, 11) is 0. The molecule has 3 aromatic heterocycles. The Morgan fingerprint density at radius 2 is 1.69 bits per heavy atom. The molecular formula is C29H26F3IN6. The van der Waals surface area contributed by atoms with E-state index in [1.807, 2.05) is 11.1 Å². The number of rotatable bonds is 5. The topological polar surface area (TPSA) is 51.8 Å². The number of halogens is 4. The van der Waals surface area contributed by atoms with Crippen molar-refractivity contribution in [3.05, 3.63) is 89.0 Å². The zero-order valence-electron chi connectivity index (χ0n) is 21.5. The number of hydrogen-bond donors (Lipinski definition) is 0. The number of anilines is 1. The minimum atomic E-state index is -4.47. The Morgan fingerprint density at radius 1 is 0.974 bits per heavy atom. The van der Waals surface area contributed by atoms with Gasteiger partial charge < -0.3 is 4.90 Å². The number of alkyl halides is 3. The first-order valence-electron chi connectivity index (χ1n) is 12.9. The molecule has 0 amide bonds. The average Bonchev–Trinajstić information content (AvgIpc) is 3.51. The summed E-state index contributed by atoms with van der Waals surface area (Å²) in [5, 5.41) is 6.29. The second-order valence-corrected chi connectivity index (χ2v) is 10.7. The van der Waals surface area contributed by atoms with Gasteiger partial charge >= 0.3 is 6.18 Å². The molecule has 0 unspecified atom stereocenters. The molecule has 10 heteroatoms. The molecule has 0 fully saturated rings. The molecule has 1 aliphatic heterocycles. The second kappa shape index (κ2) is 9.96. The van der Waals surface area contributed by atoms with Crippen LogP contribution in [0.25, 0.3) is 27.8 Å². The molecule has 0 N–H and O–H groups in total. The number of nitrogens with zero attached hydrogens (tertiary/aromatic N) is 6. The van der Waals surface area contributed by atoms with Gasteiger partial charge in [-0.2, -0.15) is 18.3 Å². The fourth-order valence-electron chi connectivity index (χ4n) is 5.38. The van der Waals surface area contributed by atoms with Crippen molar-refractivity contribution in [2.75, 3.05) is 11.4 Å². The molecule has 0 saturated heterocycles. The van der Waals surface area contributed by atoms with Gasteiger partial charge in [-0.25, -0.2) is 14.6 Å². The third-order valence-electron chi connectivity index (χ3n) is 7.38. The molecule has 6 rings (SSSR count). The zero-order valence-corrected chi connectivity index (χ0v) is 23.7. The largest absolute Gasteiger partial charge is 0.419 e. The van der Waals surface area contributed by atoms with Crippen LogP contribution in [0.5, 0.6) is 0 Å². The van der Waals surface area contributed by atoms with Gasteiger partial charge in [0.15, 0.2) is 0 Å². The Hall–Kier alpha value is -3.41. The SMILES string of the molecule is CCc1cccc(CC)c1-n1nc2c(c1-c1ccc3c(ccn3I)c1)CN(c1ncc(C(F)(F)F)cn1)CC2. The molecule has 0 atom stereocenters. The third kappa shape index (κ3) is 4.58. The van der Waals surface area contributed by atoms with E-state index < -0.39 is 11.7 Å². The lowest BCUT2D eigenvalue weighted by Crippen LogP contribution is -2.31. The van der Waals surface area contributed by atoms with Gasteiger partial charge in [0.05, 0.1) is 51.0 Å². The highest BCUT2D eigenvalue weighted by atomic mass is 127. The van der Waals surface area contributed by atoms with Crippen molar-refractivity contribution >= 4 is 39.7 Å². The normalized spacial score (nSPS) is 13.7. The van der Waals surface area contributed by atoms with E-state index in [4.69, 9.17) is 5.10 Å². The summed E-state index contributed by atoms with van der Waals surface area (Å²) in [6, 6.07) is 14.9.